The van der Waals surface area contributed by atoms with Crippen molar-refractivity contribution in [2.45, 2.75) is 33.7 Å². The summed E-state index contributed by atoms with van der Waals surface area (Å²) in [7, 11) is 1.57. The van der Waals surface area contributed by atoms with Gasteiger partial charge in [-0.3, -0.25) is 4.79 Å². The van der Waals surface area contributed by atoms with Gasteiger partial charge in [0.15, 0.2) is 0 Å². The zero-order valence-electron chi connectivity index (χ0n) is 14.2. The molecule has 1 aromatic carbocycles. The Morgan fingerprint density at radius 3 is 2.61 bits per heavy atom. The lowest BCUT2D eigenvalue weighted by Crippen LogP contribution is -2.41. The second-order valence-electron chi connectivity index (χ2n) is 5.72. The van der Waals surface area contributed by atoms with Gasteiger partial charge in [0.05, 0.1) is 7.11 Å². The van der Waals surface area contributed by atoms with Gasteiger partial charge in [-0.2, -0.15) is 4.68 Å². The summed E-state index contributed by atoms with van der Waals surface area (Å²) in [5, 5.41) is 11.1. The summed E-state index contributed by atoms with van der Waals surface area (Å²) in [6.45, 7) is 8.94. The van der Waals surface area contributed by atoms with Crippen LogP contribution in [0.25, 0.3) is 5.69 Å². The molecule has 0 saturated heterocycles. The van der Waals surface area contributed by atoms with Crippen LogP contribution < -0.4 is 4.74 Å². The van der Waals surface area contributed by atoms with E-state index >= 15 is 0 Å². The third kappa shape index (κ3) is 3.49. The zero-order chi connectivity index (χ0) is 17.0. The average molecular weight is 317 g/mol. The Labute approximate surface area is 136 Å². The molecule has 2 aromatic rings. The Kier molecular flexibility index (Phi) is 5.31. The van der Waals surface area contributed by atoms with Crippen LogP contribution >= 0.6 is 0 Å². The molecular weight excluding hydrogens is 294 g/mol. The lowest BCUT2D eigenvalue weighted by Gasteiger charge is -2.31. The Morgan fingerprint density at radius 1 is 1.35 bits per heavy atom. The van der Waals surface area contributed by atoms with Gasteiger partial charge < -0.3 is 9.64 Å². The number of amides is 1. The van der Waals surface area contributed by atoms with Gasteiger partial charge in [-0.25, -0.2) is 0 Å². The molecule has 1 heterocycles. The molecule has 0 fully saturated rings. The smallest absolute Gasteiger partial charge is 0.254 e. The first-order valence-electron chi connectivity index (χ1n) is 7.72. The largest absolute Gasteiger partial charge is 0.494 e. The van der Waals surface area contributed by atoms with Gasteiger partial charge >= 0.3 is 0 Å². The van der Waals surface area contributed by atoms with Crippen LogP contribution in [-0.4, -0.2) is 50.7 Å². The predicted molar refractivity (Wildman–Crippen MR) is 86.7 cm³/mol. The molecule has 0 unspecified atom stereocenters. The van der Waals surface area contributed by atoms with Crippen molar-refractivity contribution in [2.75, 3.05) is 13.7 Å². The minimum atomic E-state index is -0.00863. The number of hydrogen-bond acceptors (Lipinski definition) is 5. The highest BCUT2D eigenvalue weighted by atomic mass is 16.5. The van der Waals surface area contributed by atoms with E-state index in [0.717, 1.165) is 0 Å². The summed E-state index contributed by atoms with van der Waals surface area (Å²) < 4.78 is 6.82. The Morgan fingerprint density at radius 2 is 2.09 bits per heavy atom. The Balaban J connectivity index is 2.40. The number of carbonyl (C=O) groups is 1. The van der Waals surface area contributed by atoms with Crippen molar-refractivity contribution in [2.24, 2.45) is 5.92 Å². The molecule has 0 radical (unpaired) electrons. The summed E-state index contributed by atoms with van der Waals surface area (Å²) in [4.78, 5) is 14.7. The van der Waals surface area contributed by atoms with Crippen LogP contribution in [0, 0.1) is 5.92 Å². The maximum atomic E-state index is 12.9. The fourth-order valence-electron chi connectivity index (χ4n) is 2.42. The Hall–Kier alpha value is -2.44. The van der Waals surface area contributed by atoms with E-state index in [4.69, 9.17) is 4.74 Å². The molecule has 23 heavy (non-hydrogen) atoms. The first-order chi connectivity index (χ1) is 11.0. The van der Waals surface area contributed by atoms with Crippen LogP contribution in [-0.2, 0) is 0 Å². The van der Waals surface area contributed by atoms with Crippen molar-refractivity contribution < 1.29 is 9.53 Å². The van der Waals surface area contributed by atoms with E-state index in [1.165, 1.54) is 11.0 Å². The van der Waals surface area contributed by atoms with Gasteiger partial charge in [0, 0.05) is 18.2 Å². The van der Waals surface area contributed by atoms with Crippen LogP contribution in [0.1, 0.15) is 38.1 Å². The highest BCUT2D eigenvalue weighted by Crippen LogP contribution is 2.24. The van der Waals surface area contributed by atoms with Crippen molar-refractivity contribution in [1.82, 2.24) is 25.1 Å². The van der Waals surface area contributed by atoms with E-state index in [0.29, 0.717) is 29.5 Å². The molecule has 0 aliphatic carbocycles. The molecule has 0 aliphatic heterocycles. The van der Waals surface area contributed by atoms with E-state index in [9.17, 15) is 4.79 Å². The summed E-state index contributed by atoms with van der Waals surface area (Å²) in [6, 6.07) is 5.45. The standard InChI is InChI=1S/C16H23N5O2/c1-6-20(12(4)11(2)3)16(22)13-7-8-15(23-5)14(9-13)21-10-17-18-19-21/h7-12H,6H2,1-5H3/t12-/m0/s1. The van der Waals surface area contributed by atoms with Gasteiger partial charge in [0.1, 0.15) is 17.8 Å². The number of hydrogen-bond donors (Lipinski definition) is 0. The number of rotatable bonds is 6. The van der Waals surface area contributed by atoms with E-state index in [-0.39, 0.29) is 11.9 Å². The molecule has 0 saturated carbocycles. The van der Waals surface area contributed by atoms with Crippen molar-refractivity contribution in [3.8, 4) is 11.4 Å². The molecule has 7 nitrogen and oxygen atoms in total. The SMILES string of the molecule is CCN(C(=O)c1ccc(OC)c(-n2cnnn2)c1)[C@@H](C)C(C)C. The van der Waals surface area contributed by atoms with Gasteiger partial charge in [-0.1, -0.05) is 13.8 Å². The molecule has 0 bridgehead atoms. The summed E-state index contributed by atoms with van der Waals surface area (Å²) in [6.07, 6.45) is 1.47. The molecule has 1 amide bonds. The molecule has 7 heteroatoms. The minimum Gasteiger partial charge on any atom is -0.494 e. The molecule has 124 valence electrons. The second-order valence-corrected chi connectivity index (χ2v) is 5.72. The number of nitrogens with zero attached hydrogens (tertiary/aromatic N) is 5. The highest BCUT2D eigenvalue weighted by molar-refractivity contribution is 5.95. The summed E-state index contributed by atoms with van der Waals surface area (Å²) in [5.41, 5.74) is 1.22. The van der Waals surface area contributed by atoms with Crippen LogP contribution in [0.5, 0.6) is 5.75 Å². The van der Waals surface area contributed by atoms with E-state index < -0.39 is 0 Å². The number of tetrazole rings is 1. The summed E-state index contributed by atoms with van der Waals surface area (Å²) >= 11 is 0. The monoisotopic (exact) mass is 317 g/mol. The van der Waals surface area contributed by atoms with Crippen LogP contribution in [0.2, 0.25) is 0 Å². The van der Waals surface area contributed by atoms with Crippen molar-refractivity contribution in [3.05, 3.63) is 30.1 Å². The van der Waals surface area contributed by atoms with Gasteiger partial charge in [-0.15, -0.1) is 5.10 Å². The van der Waals surface area contributed by atoms with E-state index in [1.54, 1.807) is 25.3 Å². The van der Waals surface area contributed by atoms with Gasteiger partial charge in [-0.05, 0) is 48.4 Å². The van der Waals surface area contributed by atoms with E-state index in [2.05, 4.69) is 36.3 Å². The normalized spacial score (nSPS) is 12.3. The van der Waals surface area contributed by atoms with E-state index in [1.807, 2.05) is 11.8 Å². The lowest BCUT2D eigenvalue weighted by atomic mass is 10.0. The van der Waals surface area contributed by atoms with Crippen molar-refractivity contribution in [3.63, 3.8) is 0 Å². The first kappa shape index (κ1) is 16.9. The molecule has 1 atom stereocenters. The number of ether oxygens (including phenoxy) is 1. The highest BCUT2D eigenvalue weighted by Gasteiger charge is 2.23. The quantitative estimate of drug-likeness (QED) is 0.816. The van der Waals surface area contributed by atoms with Crippen LogP contribution in [0.15, 0.2) is 24.5 Å². The topological polar surface area (TPSA) is 73.1 Å². The summed E-state index contributed by atoms with van der Waals surface area (Å²) in [5.74, 6) is 0.982. The first-order valence-corrected chi connectivity index (χ1v) is 7.72. The third-order valence-electron chi connectivity index (χ3n) is 4.08. The fraction of sp³-hybridized carbons (Fsp3) is 0.500. The maximum absolute atomic E-state index is 12.9. The maximum Gasteiger partial charge on any atom is 0.254 e. The van der Waals surface area contributed by atoms with Crippen molar-refractivity contribution >= 4 is 5.91 Å². The number of methoxy groups -OCH3 is 1. The van der Waals surface area contributed by atoms with Crippen LogP contribution in [0.3, 0.4) is 0 Å². The second kappa shape index (κ2) is 7.21. The fourth-order valence-corrected chi connectivity index (χ4v) is 2.42. The zero-order valence-corrected chi connectivity index (χ0v) is 14.2. The Bertz CT molecular complexity index is 654. The van der Waals surface area contributed by atoms with Gasteiger partial charge in [0.2, 0.25) is 0 Å². The molecule has 0 spiro atoms. The van der Waals surface area contributed by atoms with Crippen LogP contribution in [0.4, 0.5) is 0 Å². The predicted octanol–water partition coefficient (Wildman–Crippen LogP) is 2.18. The average Bonchev–Trinajstić information content (AvgIpc) is 3.08. The third-order valence-corrected chi connectivity index (χ3v) is 4.08. The van der Waals surface area contributed by atoms with Crippen molar-refractivity contribution in [1.29, 1.82) is 0 Å². The molecule has 0 aliphatic rings. The minimum absolute atomic E-state index is 0.00863. The number of aromatic nitrogens is 4. The molecule has 0 N–H and O–H groups in total. The molecule has 2 rings (SSSR count). The molecule has 1 aromatic heterocycles. The number of benzene rings is 1. The molecular formula is C16H23N5O2. The lowest BCUT2D eigenvalue weighted by molar-refractivity contribution is 0.0660. The number of carbonyl (C=O) groups excluding carboxylic acids is 1. The van der Waals surface area contributed by atoms with Gasteiger partial charge in [0.25, 0.3) is 5.91 Å².